The van der Waals surface area contributed by atoms with Crippen molar-refractivity contribution >= 4 is 40.0 Å². The Labute approximate surface area is 190 Å². The van der Waals surface area contributed by atoms with Gasteiger partial charge < -0.3 is 10.6 Å². The minimum atomic E-state index is -3.63. The van der Waals surface area contributed by atoms with Gasteiger partial charge in [-0.15, -0.1) is 24.0 Å². The fourth-order valence-electron chi connectivity index (χ4n) is 2.61. The number of guanidine groups is 1. The highest BCUT2D eigenvalue weighted by atomic mass is 127. The third-order valence-electron chi connectivity index (χ3n) is 3.81. The molecule has 0 spiro atoms. The molecule has 0 unspecified atom stereocenters. The monoisotopic (exact) mass is 534 g/mol. The zero-order chi connectivity index (χ0) is 20.8. The van der Waals surface area contributed by atoms with Gasteiger partial charge in [0, 0.05) is 25.3 Å². The Morgan fingerprint density at radius 1 is 1.17 bits per heavy atom. The lowest BCUT2D eigenvalue weighted by Crippen LogP contribution is -2.40. The second-order valence-electron chi connectivity index (χ2n) is 7.46. The van der Waals surface area contributed by atoms with E-state index in [1.54, 1.807) is 29.1 Å². The molecule has 3 N–H and O–H groups in total. The lowest BCUT2D eigenvalue weighted by atomic mass is 10.1. The molecule has 2 aromatic rings. The third-order valence-corrected chi connectivity index (χ3v) is 5.67. The summed E-state index contributed by atoms with van der Waals surface area (Å²) in [6.07, 6.45) is 1.74. The molecule has 162 valence electrons. The van der Waals surface area contributed by atoms with Gasteiger partial charge in [0.15, 0.2) is 5.96 Å². The van der Waals surface area contributed by atoms with Gasteiger partial charge in [-0.25, -0.2) is 18.1 Å². The van der Waals surface area contributed by atoms with E-state index in [1.165, 1.54) is 0 Å². The van der Waals surface area contributed by atoms with Gasteiger partial charge >= 0.3 is 0 Å². The van der Waals surface area contributed by atoms with Crippen LogP contribution in [0.15, 0.2) is 46.4 Å². The zero-order valence-corrected chi connectivity index (χ0v) is 20.7. The Balaban J connectivity index is 0.00000420. The predicted molar refractivity (Wildman–Crippen MR) is 127 cm³/mol. The van der Waals surface area contributed by atoms with Gasteiger partial charge in [0.25, 0.3) is 0 Å². The summed E-state index contributed by atoms with van der Waals surface area (Å²) in [6, 6.07) is 8.85. The first kappa shape index (κ1) is 25.4. The van der Waals surface area contributed by atoms with E-state index >= 15 is 0 Å². The fraction of sp³-hybridized carbons (Fsp3) is 0.474. The van der Waals surface area contributed by atoms with Crippen LogP contribution in [-0.2, 0) is 30.2 Å². The maximum Gasteiger partial charge on any atom is 0.241 e. The number of nitrogens with one attached hydrogen (secondary N) is 3. The molecule has 1 aromatic carbocycles. The summed E-state index contributed by atoms with van der Waals surface area (Å²) in [5.74, 6) is 0.611. The summed E-state index contributed by atoms with van der Waals surface area (Å²) < 4.78 is 30.0. The largest absolute Gasteiger partial charge is 0.357 e. The van der Waals surface area contributed by atoms with Crippen LogP contribution in [0.3, 0.4) is 0 Å². The van der Waals surface area contributed by atoms with Gasteiger partial charge in [-0.2, -0.15) is 5.10 Å². The number of sulfonamides is 1. The van der Waals surface area contributed by atoms with Crippen molar-refractivity contribution < 1.29 is 8.42 Å². The molecule has 0 saturated carbocycles. The van der Waals surface area contributed by atoms with Crippen LogP contribution >= 0.6 is 24.0 Å². The SMILES string of the molecule is CCNC(=NCc1ccccc1S(=O)(=O)NC(C)(C)C)NCc1ccnn1C.I. The van der Waals surface area contributed by atoms with Crippen molar-refractivity contribution in [2.45, 2.75) is 51.2 Å². The number of aromatic nitrogens is 2. The highest BCUT2D eigenvalue weighted by molar-refractivity contribution is 14.0. The van der Waals surface area contributed by atoms with Crippen LogP contribution in [0.25, 0.3) is 0 Å². The molecule has 0 fully saturated rings. The Kier molecular flexibility index (Phi) is 9.56. The molecule has 0 saturated heterocycles. The van der Waals surface area contributed by atoms with Crippen LogP contribution < -0.4 is 15.4 Å². The van der Waals surface area contributed by atoms with E-state index in [0.29, 0.717) is 24.6 Å². The molecule has 1 aromatic heterocycles. The summed E-state index contributed by atoms with van der Waals surface area (Å²) >= 11 is 0. The second-order valence-corrected chi connectivity index (χ2v) is 9.11. The number of rotatable bonds is 7. The van der Waals surface area contributed by atoms with Crippen molar-refractivity contribution in [3.8, 4) is 0 Å². The number of aryl methyl sites for hydroxylation is 1. The predicted octanol–water partition coefficient (Wildman–Crippen LogP) is 2.37. The third kappa shape index (κ3) is 7.94. The minimum Gasteiger partial charge on any atom is -0.357 e. The molecular formula is C19H31IN6O2S. The Morgan fingerprint density at radius 3 is 2.45 bits per heavy atom. The summed E-state index contributed by atoms with van der Waals surface area (Å²) in [7, 11) is -1.75. The Morgan fingerprint density at radius 2 is 1.86 bits per heavy atom. The molecule has 1 heterocycles. The van der Waals surface area contributed by atoms with Gasteiger partial charge in [0.05, 0.1) is 23.7 Å². The Hall–Kier alpha value is -1.66. The van der Waals surface area contributed by atoms with Gasteiger partial charge in [-0.3, -0.25) is 4.68 Å². The van der Waals surface area contributed by atoms with Crippen LogP contribution in [0.5, 0.6) is 0 Å². The van der Waals surface area contributed by atoms with Crippen LogP contribution in [0.1, 0.15) is 39.0 Å². The quantitative estimate of drug-likeness (QED) is 0.288. The molecule has 0 amide bonds. The molecule has 8 nitrogen and oxygen atoms in total. The normalized spacial score (nSPS) is 12.4. The van der Waals surface area contributed by atoms with Gasteiger partial charge in [0.1, 0.15) is 0 Å². The van der Waals surface area contributed by atoms with E-state index in [1.807, 2.05) is 46.9 Å². The van der Waals surface area contributed by atoms with E-state index in [2.05, 4.69) is 25.4 Å². The minimum absolute atomic E-state index is 0. The van der Waals surface area contributed by atoms with E-state index in [0.717, 1.165) is 5.69 Å². The Bertz CT molecular complexity index is 919. The fourth-order valence-corrected chi connectivity index (χ4v) is 4.26. The topological polar surface area (TPSA) is 100 Å². The van der Waals surface area contributed by atoms with Crippen LogP contribution in [0.2, 0.25) is 0 Å². The van der Waals surface area contributed by atoms with E-state index < -0.39 is 15.6 Å². The average Bonchev–Trinajstić information content (AvgIpc) is 3.00. The lowest BCUT2D eigenvalue weighted by Gasteiger charge is -2.21. The summed E-state index contributed by atoms with van der Waals surface area (Å²) in [6.45, 7) is 8.93. The molecule has 29 heavy (non-hydrogen) atoms. The molecule has 0 radical (unpaired) electrons. The molecule has 0 bridgehead atoms. The zero-order valence-electron chi connectivity index (χ0n) is 17.6. The highest BCUT2D eigenvalue weighted by Crippen LogP contribution is 2.18. The second kappa shape index (κ2) is 10.9. The van der Waals surface area contributed by atoms with Gasteiger partial charge in [-0.05, 0) is 45.4 Å². The first-order valence-electron chi connectivity index (χ1n) is 9.23. The lowest BCUT2D eigenvalue weighted by molar-refractivity contribution is 0.491. The van der Waals surface area contributed by atoms with Crippen molar-refractivity contribution in [1.29, 1.82) is 0 Å². The summed E-state index contributed by atoms with van der Waals surface area (Å²) in [5, 5.41) is 10.6. The first-order valence-corrected chi connectivity index (χ1v) is 10.7. The molecule has 0 atom stereocenters. The van der Waals surface area contributed by atoms with Crippen molar-refractivity contribution in [3.63, 3.8) is 0 Å². The van der Waals surface area contributed by atoms with Crippen molar-refractivity contribution in [3.05, 3.63) is 47.8 Å². The molecule has 10 heteroatoms. The van der Waals surface area contributed by atoms with Crippen LogP contribution in [0, 0.1) is 0 Å². The van der Waals surface area contributed by atoms with E-state index in [9.17, 15) is 8.42 Å². The maximum atomic E-state index is 12.8. The van der Waals surface area contributed by atoms with Gasteiger partial charge in [0.2, 0.25) is 10.0 Å². The molecule has 0 aliphatic carbocycles. The summed E-state index contributed by atoms with van der Waals surface area (Å²) in [5.41, 5.74) is 1.09. The number of nitrogens with zero attached hydrogens (tertiary/aromatic N) is 3. The van der Waals surface area contributed by atoms with E-state index in [4.69, 9.17) is 0 Å². The van der Waals surface area contributed by atoms with Gasteiger partial charge in [-0.1, -0.05) is 18.2 Å². The van der Waals surface area contributed by atoms with E-state index in [-0.39, 0.29) is 35.4 Å². The molecule has 0 aliphatic rings. The smallest absolute Gasteiger partial charge is 0.241 e. The number of benzene rings is 1. The van der Waals surface area contributed by atoms with Crippen molar-refractivity contribution in [1.82, 2.24) is 25.1 Å². The number of halogens is 1. The average molecular weight is 534 g/mol. The molecule has 0 aliphatic heterocycles. The van der Waals surface area contributed by atoms with Crippen molar-refractivity contribution in [2.24, 2.45) is 12.0 Å². The molecular weight excluding hydrogens is 503 g/mol. The van der Waals surface area contributed by atoms with Crippen LogP contribution in [0.4, 0.5) is 0 Å². The number of aliphatic imine (C=N–C) groups is 1. The molecule has 2 rings (SSSR count). The van der Waals surface area contributed by atoms with Crippen LogP contribution in [-0.4, -0.2) is 36.2 Å². The number of hydrogen-bond donors (Lipinski definition) is 3. The maximum absolute atomic E-state index is 12.8. The van der Waals surface area contributed by atoms with Crippen molar-refractivity contribution in [2.75, 3.05) is 6.54 Å². The summed E-state index contributed by atoms with van der Waals surface area (Å²) in [4.78, 5) is 4.80. The number of hydrogen-bond acceptors (Lipinski definition) is 4. The highest BCUT2D eigenvalue weighted by Gasteiger charge is 2.24. The first-order chi connectivity index (χ1) is 13.1. The standard InChI is InChI=1S/C19H30N6O2S.HI/c1-6-20-18(22-14-16-11-12-23-25(16)5)21-13-15-9-7-8-10-17(15)28(26,27)24-19(2,3)4;/h7-12,24H,6,13-14H2,1-5H3,(H2,20,21,22);1H.